The van der Waals surface area contributed by atoms with Crippen LogP contribution in [-0.4, -0.2) is 38.8 Å². The molecule has 5 heteroatoms. The minimum absolute atomic E-state index is 0.0896. The van der Waals surface area contributed by atoms with E-state index in [1.54, 1.807) is 7.11 Å². The summed E-state index contributed by atoms with van der Waals surface area (Å²) in [5.74, 6) is 1.43. The Hall–Kier alpha value is -2.01. The fourth-order valence-electron chi connectivity index (χ4n) is 2.19. The van der Waals surface area contributed by atoms with Crippen molar-refractivity contribution >= 4 is 12.0 Å². The van der Waals surface area contributed by atoms with Gasteiger partial charge in [0.1, 0.15) is 18.1 Å². The highest BCUT2D eigenvalue weighted by Gasteiger charge is 2.18. The molecule has 0 radical (unpaired) electrons. The van der Waals surface area contributed by atoms with E-state index in [0.717, 1.165) is 23.6 Å². The first-order valence-corrected chi connectivity index (χ1v) is 7.17. The largest absolute Gasteiger partial charge is 0.497 e. The molecule has 0 aromatic heterocycles. The number of methoxy groups -OCH3 is 1. The molecule has 2 rings (SSSR count). The van der Waals surface area contributed by atoms with Crippen molar-refractivity contribution < 1.29 is 14.3 Å². The highest BCUT2D eigenvalue weighted by Crippen LogP contribution is 2.29. The Morgan fingerprint density at radius 2 is 2.29 bits per heavy atom. The van der Waals surface area contributed by atoms with E-state index in [0.29, 0.717) is 18.7 Å². The van der Waals surface area contributed by atoms with Crippen molar-refractivity contribution in [2.24, 2.45) is 0 Å². The van der Waals surface area contributed by atoms with Crippen LogP contribution in [-0.2, 0) is 4.79 Å². The first kappa shape index (κ1) is 15.4. The van der Waals surface area contributed by atoms with Gasteiger partial charge in [0.05, 0.1) is 12.7 Å². The van der Waals surface area contributed by atoms with E-state index in [4.69, 9.17) is 9.47 Å². The van der Waals surface area contributed by atoms with Gasteiger partial charge in [-0.25, -0.2) is 0 Å². The van der Waals surface area contributed by atoms with Crippen LogP contribution in [0, 0.1) is 0 Å². The smallest absolute Gasteiger partial charge is 0.250 e. The molecule has 1 heterocycles. The van der Waals surface area contributed by atoms with Crippen molar-refractivity contribution in [1.29, 1.82) is 0 Å². The highest BCUT2D eigenvalue weighted by atomic mass is 16.5. The summed E-state index contributed by atoms with van der Waals surface area (Å²) in [5, 5.41) is 6.17. The lowest BCUT2D eigenvalue weighted by atomic mass is 10.1. The Labute approximate surface area is 125 Å². The normalized spacial score (nSPS) is 14.5. The van der Waals surface area contributed by atoms with E-state index in [1.807, 2.05) is 38.1 Å². The molecule has 114 valence electrons. The van der Waals surface area contributed by atoms with Gasteiger partial charge in [0, 0.05) is 18.2 Å². The van der Waals surface area contributed by atoms with Gasteiger partial charge >= 0.3 is 0 Å². The maximum atomic E-state index is 12.2. The van der Waals surface area contributed by atoms with Crippen LogP contribution in [0.4, 0.5) is 0 Å². The molecule has 0 spiro atoms. The van der Waals surface area contributed by atoms with Gasteiger partial charge in [0.15, 0.2) is 0 Å². The Balaban J connectivity index is 2.03. The van der Waals surface area contributed by atoms with Crippen molar-refractivity contribution in [3.63, 3.8) is 0 Å². The second-order valence-electron chi connectivity index (χ2n) is 5.03. The third-order valence-corrected chi connectivity index (χ3v) is 3.34. The topological polar surface area (TPSA) is 59.6 Å². The Morgan fingerprint density at radius 3 is 3.00 bits per heavy atom. The predicted octanol–water partition coefficient (Wildman–Crippen LogP) is 1.59. The predicted molar refractivity (Wildman–Crippen MR) is 82.6 cm³/mol. The van der Waals surface area contributed by atoms with Crippen LogP contribution in [0.15, 0.2) is 23.8 Å². The lowest BCUT2D eigenvalue weighted by molar-refractivity contribution is -0.117. The summed E-state index contributed by atoms with van der Waals surface area (Å²) in [6.07, 6.45) is 1.86. The summed E-state index contributed by atoms with van der Waals surface area (Å²) in [6, 6.07) is 5.81. The lowest BCUT2D eigenvalue weighted by Gasteiger charge is -2.19. The molecule has 0 saturated carbocycles. The minimum atomic E-state index is -0.0896. The first-order chi connectivity index (χ1) is 10.1. The highest BCUT2D eigenvalue weighted by molar-refractivity contribution is 5.99. The summed E-state index contributed by atoms with van der Waals surface area (Å²) in [7, 11) is 1.62. The zero-order chi connectivity index (χ0) is 15.2. The van der Waals surface area contributed by atoms with Gasteiger partial charge in [-0.05, 0) is 37.7 Å². The van der Waals surface area contributed by atoms with Crippen LogP contribution >= 0.6 is 0 Å². The van der Waals surface area contributed by atoms with E-state index in [-0.39, 0.29) is 11.9 Å². The van der Waals surface area contributed by atoms with E-state index in [9.17, 15) is 4.79 Å². The number of rotatable bonds is 6. The van der Waals surface area contributed by atoms with Gasteiger partial charge in [0.25, 0.3) is 5.91 Å². The van der Waals surface area contributed by atoms with Crippen LogP contribution in [0.1, 0.15) is 19.4 Å². The van der Waals surface area contributed by atoms with E-state index < -0.39 is 0 Å². The summed E-state index contributed by atoms with van der Waals surface area (Å²) in [5.41, 5.74) is 1.49. The molecule has 5 nitrogen and oxygen atoms in total. The van der Waals surface area contributed by atoms with E-state index in [2.05, 4.69) is 10.6 Å². The van der Waals surface area contributed by atoms with Crippen LogP contribution in [0.25, 0.3) is 6.08 Å². The molecule has 0 aliphatic carbocycles. The zero-order valence-corrected chi connectivity index (χ0v) is 12.7. The maximum Gasteiger partial charge on any atom is 0.250 e. The van der Waals surface area contributed by atoms with Gasteiger partial charge in [-0.1, -0.05) is 6.92 Å². The Bertz CT molecular complexity index is 540. The summed E-state index contributed by atoms with van der Waals surface area (Å²) in [4.78, 5) is 12.2. The van der Waals surface area contributed by atoms with Crippen molar-refractivity contribution in [3.05, 3.63) is 29.3 Å². The quantitative estimate of drug-likeness (QED) is 0.835. The first-order valence-electron chi connectivity index (χ1n) is 7.17. The number of carbonyl (C=O) groups excluding carboxylic acids is 1. The Morgan fingerprint density at radius 1 is 1.48 bits per heavy atom. The zero-order valence-electron chi connectivity index (χ0n) is 12.7. The average molecular weight is 290 g/mol. The monoisotopic (exact) mass is 290 g/mol. The van der Waals surface area contributed by atoms with Crippen molar-refractivity contribution in [2.45, 2.75) is 19.9 Å². The molecule has 1 atom stereocenters. The molecule has 0 fully saturated rings. The van der Waals surface area contributed by atoms with Crippen LogP contribution < -0.4 is 20.1 Å². The van der Waals surface area contributed by atoms with Gasteiger partial charge < -0.3 is 20.1 Å². The van der Waals surface area contributed by atoms with Gasteiger partial charge in [-0.2, -0.15) is 0 Å². The summed E-state index contributed by atoms with van der Waals surface area (Å²) < 4.78 is 10.8. The van der Waals surface area contributed by atoms with Crippen LogP contribution in [0.2, 0.25) is 0 Å². The van der Waals surface area contributed by atoms with Gasteiger partial charge in [0.2, 0.25) is 0 Å². The van der Waals surface area contributed by atoms with Gasteiger partial charge in [-0.15, -0.1) is 0 Å². The molecule has 0 saturated heterocycles. The van der Waals surface area contributed by atoms with E-state index in [1.165, 1.54) is 0 Å². The summed E-state index contributed by atoms with van der Waals surface area (Å²) in [6.45, 7) is 5.85. The molecule has 1 aliphatic heterocycles. The number of benzene rings is 1. The van der Waals surface area contributed by atoms with Crippen molar-refractivity contribution in [2.75, 3.05) is 26.8 Å². The number of carbonyl (C=O) groups is 1. The van der Waals surface area contributed by atoms with Crippen molar-refractivity contribution in [3.8, 4) is 11.5 Å². The summed E-state index contributed by atoms with van der Waals surface area (Å²) >= 11 is 0. The fourth-order valence-corrected chi connectivity index (χ4v) is 2.19. The number of amides is 1. The molecule has 0 unspecified atom stereocenters. The third-order valence-electron chi connectivity index (χ3n) is 3.34. The fraction of sp³-hybridized carbons (Fsp3) is 0.438. The number of hydrogen-bond acceptors (Lipinski definition) is 4. The minimum Gasteiger partial charge on any atom is -0.497 e. The lowest BCUT2D eigenvalue weighted by Crippen LogP contribution is -2.40. The average Bonchev–Trinajstić information content (AvgIpc) is 2.51. The molecule has 1 aliphatic rings. The van der Waals surface area contributed by atoms with Crippen LogP contribution in [0.5, 0.6) is 11.5 Å². The molecule has 1 aromatic rings. The molecular weight excluding hydrogens is 268 g/mol. The van der Waals surface area contributed by atoms with E-state index >= 15 is 0 Å². The molecule has 1 amide bonds. The molecule has 0 bridgehead atoms. The Kier molecular flexibility index (Phi) is 5.22. The molecule has 2 N–H and O–H groups in total. The number of likely N-dealkylation sites (N-methyl/N-ethyl adjacent to an activating group) is 1. The number of fused-ring (bicyclic) bond motifs is 1. The number of ether oxygens (including phenoxy) is 2. The molecular formula is C16H22N2O3. The maximum absolute atomic E-state index is 12.2. The second kappa shape index (κ2) is 7.13. The van der Waals surface area contributed by atoms with Crippen LogP contribution in [0.3, 0.4) is 0 Å². The second-order valence-corrected chi connectivity index (χ2v) is 5.03. The SMILES string of the molecule is CCN[C@H](C)CNC(=O)C1=Cc2cc(OC)ccc2OC1. The molecule has 21 heavy (non-hydrogen) atoms. The van der Waals surface area contributed by atoms with Gasteiger partial charge in [-0.3, -0.25) is 4.79 Å². The van der Waals surface area contributed by atoms with Crippen molar-refractivity contribution in [1.82, 2.24) is 10.6 Å². The number of hydrogen-bond donors (Lipinski definition) is 2. The molecule has 1 aromatic carbocycles. The third kappa shape index (κ3) is 3.98. The standard InChI is InChI=1S/C16H22N2O3/c1-4-17-11(2)9-18-16(19)13-7-12-8-14(20-3)5-6-15(12)21-10-13/h5-8,11,17H,4,9-10H2,1-3H3,(H,18,19)/t11-/m1/s1. The number of nitrogens with one attached hydrogen (secondary N) is 2.